The maximum Gasteiger partial charge on any atom is 0.310 e. The molecule has 0 heterocycles. The van der Waals surface area contributed by atoms with Crippen LogP contribution in [0, 0.1) is 6.92 Å². The first-order chi connectivity index (χ1) is 12.3. The van der Waals surface area contributed by atoms with Crippen molar-refractivity contribution >= 4 is 41.0 Å². The number of hydrogen-bond acceptors (Lipinski definition) is 4. The number of ether oxygens (including phenoxy) is 1. The molecule has 2 aromatic rings. The molecule has 0 radical (unpaired) electrons. The van der Waals surface area contributed by atoms with Crippen molar-refractivity contribution < 1.29 is 19.1 Å². The molecule has 136 valence electrons. The van der Waals surface area contributed by atoms with Crippen LogP contribution in [0.15, 0.2) is 42.5 Å². The van der Waals surface area contributed by atoms with Crippen molar-refractivity contribution in [2.24, 2.45) is 0 Å². The highest BCUT2D eigenvalue weighted by atomic mass is 35.5. The zero-order chi connectivity index (χ0) is 19.1. The van der Waals surface area contributed by atoms with E-state index in [0.717, 1.165) is 5.56 Å². The Morgan fingerprint density at radius 3 is 2.31 bits per heavy atom. The fourth-order valence-electron chi connectivity index (χ4n) is 1.95. The molecule has 0 bridgehead atoms. The highest BCUT2D eigenvalue weighted by Crippen LogP contribution is 2.22. The van der Waals surface area contributed by atoms with Gasteiger partial charge in [-0.15, -0.1) is 0 Å². The van der Waals surface area contributed by atoms with Crippen molar-refractivity contribution in [2.75, 3.05) is 6.61 Å². The van der Waals surface area contributed by atoms with Gasteiger partial charge in [0.05, 0.1) is 16.5 Å². The molecule has 2 amide bonds. The lowest BCUT2D eigenvalue weighted by Crippen LogP contribution is -2.43. The molecule has 0 aliphatic rings. The smallest absolute Gasteiger partial charge is 0.310 e. The van der Waals surface area contributed by atoms with Gasteiger partial charge in [0.1, 0.15) is 0 Å². The Morgan fingerprint density at radius 1 is 0.962 bits per heavy atom. The average Bonchev–Trinajstić information content (AvgIpc) is 2.61. The molecule has 0 aliphatic carbocycles. The van der Waals surface area contributed by atoms with Crippen LogP contribution < -0.4 is 10.9 Å². The molecule has 8 heteroatoms. The van der Waals surface area contributed by atoms with Gasteiger partial charge in [0.15, 0.2) is 6.61 Å². The molecule has 0 saturated carbocycles. The lowest BCUT2D eigenvalue weighted by atomic mass is 10.1. The molecule has 0 fully saturated rings. The molecule has 6 nitrogen and oxygen atoms in total. The van der Waals surface area contributed by atoms with Crippen LogP contribution in [0.2, 0.25) is 10.0 Å². The lowest BCUT2D eigenvalue weighted by molar-refractivity contribution is -0.148. The second-order valence-electron chi connectivity index (χ2n) is 5.45. The van der Waals surface area contributed by atoms with Crippen molar-refractivity contribution in [3.8, 4) is 0 Å². The number of esters is 1. The SMILES string of the molecule is Cc1ccc(C(=O)NNC(=O)COC(=O)Cc2ccc(Cl)c(Cl)c2)cc1. The van der Waals surface area contributed by atoms with Gasteiger partial charge >= 0.3 is 5.97 Å². The minimum atomic E-state index is -0.659. The fraction of sp³-hybridized carbons (Fsp3) is 0.167. The van der Waals surface area contributed by atoms with E-state index >= 15 is 0 Å². The number of benzene rings is 2. The molecule has 2 N–H and O–H groups in total. The Bertz CT molecular complexity index is 822. The maximum atomic E-state index is 11.8. The standard InChI is InChI=1S/C18H16Cl2N2O4/c1-11-2-5-13(6-3-11)18(25)22-21-16(23)10-26-17(24)9-12-4-7-14(19)15(20)8-12/h2-8H,9-10H2,1H3,(H,21,23)(H,22,25). The van der Waals surface area contributed by atoms with Crippen LogP contribution in [-0.4, -0.2) is 24.4 Å². The minimum Gasteiger partial charge on any atom is -0.455 e. The Hall–Kier alpha value is -2.57. The molecular weight excluding hydrogens is 379 g/mol. The summed E-state index contributed by atoms with van der Waals surface area (Å²) in [6.45, 7) is 1.38. The quantitative estimate of drug-likeness (QED) is 0.603. The molecule has 26 heavy (non-hydrogen) atoms. The summed E-state index contributed by atoms with van der Waals surface area (Å²) in [7, 11) is 0. The number of rotatable bonds is 5. The predicted molar refractivity (Wildman–Crippen MR) is 97.9 cm³/mol. The summed E-state index contributed by atoms with van der Waals surface area (Å²) in [5.41, 5.74) is 6.44. The monoisotopic (exact) mass is 394 g/mol. The van der Waals surface area contributed by atoms with Crippen molar-refractivity contribution in [3.63, 3.8) is 0 Å². The molecule has 0 spiro atoms. The second kappa shape index (κ2) is 9.22. The highest BCUT2D eigenvalue weighted by Gasteiger charge is 2.11. The number of carbonyl (C=O) groups is 3. The van der Waals surface area contributed by atoms with E-state index in [1.165, 1.54) is 0 Å². The van der Waals surface area contributed by atoms with Crippen molar-refractivity contribution in [1.82, 2.24) is 10.9 Å². The molecule has 0 aromatic heterocycles. The van der Waals surface area contributed by atoms with Crippen molar-refractivity contribution in [1.29, 1.82) is 0 Å². The van der Waals surface area contributed by atoms with Crippen molar-refractivity contribution in [3.05, 3.63) is 69.2 Å². The van der Waals surface area contributed by atoms with Crippen LogP contribution in [-0.2, 0) is 20.7 Å². The number of hydrazine groups is 1. The second-order valence-corrected chi connectivity index (χ2v) is 6.27. The number of amides is 2. The van der Waals surface area contributed by atoms with Gasteiger partial charge < -0.3 is 4.74 Å². The van der Waals surface area contributed by atoms with Gasteiger partial charge in [-0.05, 0) is 36.8 Å². The zero-order valence-corrected chi connectivity index (χ0v) is 15.4. The summed E-state index contributed by atoms with van der Waals surface area (Å²) in [6.07, 6.45) is -0.0557. The third kappa shape index (κ3) is 6.06. The van der Waals surface area contributed by atoms with Crippen LogP contribution in [0.5, 0.6) is 0 Å². The average molecular weight is 395 g/mol. The van der Waals surface area contributed by atoms with Gasteiger partial charge in [-0.3, -0.25) is 25.2 Å². The molecule has 2 rings (SSSR count). The molecular formula is C18H16Cl2N2O4. The van der Waals surface area contributed by atoms with Crippen LogP contribution in [0.25, 0.3) is 0 Å². The summed E-state index contributed by atoms with van der Waals surface area (Å²) in [4.78, 5) is 35.2. The topological polar surface area (TPSA) is 84.5 Å². The van der Waals surface area contributed by atoms with Crippen molar-refractivity contribution in [2.45, 2.75) is 13.3 Å². The van der Waals surface area contributed by atoms with E-state index in [2.05, 4.69) is 10.9 Å². The summed E-state index contributed by atoms with van der Waals surface area (Å²) in [5, 5.41) is 0.709. The Balaban J connectivity index is 1.73. The third-order valence-corrected chi connectivity index (χ3v) is 4.06. The summed E-state index contributed by atoms with van der Waals surface area (Å²) >= 11 is 11.7. The van der Waals surface area contributed by atoms with Gasteiger partial charge in [0.25, 0.3) is 11.8 Å². The largest absolute Gasteiger partial charge is 0.455 e. The number of halogens is 2. The first-order valence-corrected chi connectivity index (χ1v) is 8.36. The molecule has 0 unspecified atom stereocenters. The van der Waals surface area contributed by atoms with Gasteiger partial charge in [-0.1, -0.05) is 47.0 Å². The van der Waals surface area contributed by atoms with Gasteiger partial charge in [-0.2, -0.15) is 0 Å². The third-order valence-electron chi connectivity index (χ3n) is 3.33. The maximum absolute atomic E-state index is 11.8. The first kappa shape index (κ1) is 19.8. The Morgan fingerprint density at radius 2 is 1.65 bits per heavy atom. The number of hydrogen-bond donors (Lipinski definition) is 2. The summed E-state index contributed by atoms with van der Waals surface area (Å²) in [5.74, 6) is -1.74. The minimum absolute atomic E-state index is 0.0557. The van der Waals surface area contributed by atoms with E-state index in [-0.39, 0.29) is 6.42 Å². The van der Waals surface area contributed by atoms with Crippen LogP contribution in [0.1, 0.15) is 21.5 Å². The number of aryl methyl sites for hydroxylation is 1. The van der Waals surface area contributed by atoms with E-state index in [1.807, 2.05) is 6.92 Å². The van der Waals surface area contributed by atoms with E-state index in [4.69, 9.17) is 27.9 Å². The predicted octanol–water partition coefficient (Wildman–Crippen LogP) is 2.85. The summed E-state index contributed by atoms with van der Waals surface area (Å²) < 4.78 is 4.85. The van der Waals surface area contributed by atoms with Gasteiger partial charge in [0, 0.05) is 5.56 Å². The lowest BCUT2D eigenvalue weighted by Gasteiger charge is -2.08. The van der Waals surface area contributed by atoms with E-state index in [9.17, 15) is 14.4 Å². The summed E-state index contributed by atoms with van der Waals surface area (Å²) in [6, 6.07) is 11.6. The molecule has 0 atom stereocenters. The molecule has 2 aromatic carbocycles. The number of carbonyl (C=O) groups excluding carboxylic acids is 3. The van der Waals surface area contributed by atoms with E-state index < -0.39 is 24.4 Å². The number of nitrogens with one attached hydrogen (secondary N) is 2. The van der Waals surface area contributed by atoms with E-state index in [1.54, 1.807) is 42.5 Å². The van der Waals surface area contributed by atoms with E-state index in [0.29, 0.717) is 21.2 Å². The Kier molecular flexibility index (Phi) is 7.00. The zero-order valence-electron chi connectivity index (χ0n) is 13.8. The van der Waals surface area contributed by atoms with Crippen LogP contribution in [0.3, 0.4) is 0 Å². The first-order valence-electron chi connectivity index (χ1n) is 7.60. The van der Waals surface area contributed by atoms with Crippen LogP contribution in [0.4, 0.5) is 0 Å². The van der Waals surface area contributed by atoms with Gasteiger partial charge in [-0.25, -0.2) is 0 Å². The van der Waals surface area contributed by atoms with Gasteiger partial charge in [0.2, 0.25) is 0 Å². The Labute approximate surface area is 160 Å². The highest BCUT2D eigenvalue weighted by molar-refractivity contribution is 6.42. The van der Waals surface area contributed by atoms with Crippen LogP contribution >= 0.6 is 23.2 Å². The molecule has 0 saturated heterocycles. The molecule has 0 aliphatic heterocycles. The fourth-order valence-corrected chi connectivity index (χ4v) is 2.27. The normalized spacial score (nSPS) is 10.1.